The number of hydrogen-bond acceptors (Lipinski definition) is 3. The van der Waals surface area contributed by atoms with E-state index in [4.69, 9.17) is 11.6 Å². The molecule has 0 radical (unpaired) electrons. The first-order valence-electron chi connectivity index (χ1n) is 8.60. The molecule has 9 heteroatoms. The van der Waals surface area contributed by atoms with Gasteiger partial charge in [-0.25, -0.2) is 17.6 Å². The smallest absolute Gasteiger partial charge is 0.319 e. The molecule has 2 rings (SSSR count). The number of nitrogens with one attached hydrogen (secondary N) is 2. The number of anilines is 1. The molecule has 0 aliphatic rings. The monoisotopic (exact) mass is 427 g/mol. The number of urea groups is 1. The number of aryl methyl sites for hydroxylation is 1. The van der Waals surface area contributed by atoms with Crippen molar-refractivity contribution in [2.45, 2.75) is 38.3 Å². The molecule has 0 heterocycles. The fourth-order valence-electron chi connectivity index (χ4n) is 2.34. The van der Waals surface area contributed by atoms with Gasteiger partial charge in [-0.3, -0.25) is 0 Å². The summed E-state index contributed by atoms with van der Waals surface area (Å²) in [7, 11) is -2.16. The van der Waals surface area contributed by atoms with Crippen LogP contribution in [0.4, 0.5) is 14.9 Å². The third-order valence-electron chi connectivity index (χ3n) is 4.30. The van der Waals surface area contributed by atoms with Crippen molar-refractivity contribution in [2.75, 3.05) is 12.4 Å². The zero-order valence-corrected chi connectivity index (χ0v) is 17.7. The molecule has 2 aromatic carbocycles. The second kappa shape index (κ2) is 8.89. The van der Waals surface area contributed by atoms with Gasteiger partial charge in [-0.2, -0.15) is 4.31 Å². The van der Waals surface area contributed by atoms with E-state index >= 15 is 0 Å². The fourth-order valence-corrected chi connectivity index (χ4v) is 3.94. The highest BCUT2D eigenvalue weighted by atomic mass is 35.5. The van der Waals surface area contributed by atoms with Gasteiger partial charge in [0, 0.05) is 25.3 Å². The lowest BCUT2D eigenvalue weighted by atomic mass is 10.2. The van der Waals surface area contributed by atoms with Crippen LogP contribution in [0.2, 0.25) is 5.02 Å². The van der Waals surface area contributed by atoms with Crippen LogP contribution in [-0.4, -0.2) is 31.8 Å². The first-order chi connectivity index (χ1) is 13.0. The summed E-state index contributed by atoms with van der Waals surface area (Å²) in [4.78, 5) is 12.3. The molecule has 0 saturated heterocycles. The third-order valence-corrected chi connectivity index (χ3v) is 6.62. The molecule has 2 N–H and O–H groups in total. The average Bonchev–Trinajstić information content (AvgIpc) is 2.63. The van der Waals surface area contributed by atoms with Gasteiger partial charge in [-0.15, -0.1) is 0 Å². The van der Waals surface area contributed by atoms with Crippen LogP contribution in [0.15, 0.2) is 41.3 Å². The number of amides is 2. The maximum Gasteiger partial charge on any atom is 0.319 e. The van der Waals surface area contributed by atoms with E-state index in [-0.39, 0.29) is 22.5 Å². The molecule has 6 nitrogen and oxygen atoms in total. The van der Waals surface area contributed by atoms with Crippen LogP contribution in [0.3, 0.4) is 0 Å². The van der Waals surface area contributed by atoms with Gasteiger partial charge in [-0.05, 0) is 56.2 Å². The third kappa shape index (κ3) is 5.21. The Kier molecular flexibility index (Phi) is 7.03. The van der Waals surface area contributed by atoms with Gasteiger partial charge in [-0.1, -0.05) is 23.7 Å². The minimum absolute atomic E-state index is 0.0252. The summed E-state index contributed by atoms with van der Waals surface area (Å²) in [6, 6.07) is 8.02. The van der Waals surface area contributed by atoms with Crippen molar-refractivity contribution in [1.82, 2.24) is 9.62 Å². The van der Waals surface area contributed by atoms with E-state index in [0.717, 1.165) is 0 Å². The van der Waals surface area contributed by atoms with E-state index in [9.17, 15) is 17.6 Å². The molecule has 28 heavy (non-hydrogen) atoms. The van der Waals surface area contributed by atoms with Crippen LogP contribution in [0.25, 0.3) is 0 Å². The number of sulfonamides is 1. The van der Waals surface area contributed by atoms with Gasteiger partial charge in [0.2, 0.25) is 10.0 Å². The highest BCUT2D eigenvalue weighted by Crippen LogP contribution is 2.23. The standard InChI is InChI=1S/C19H23ClFN3O3S/c1-12(2)24(4)28(26,27)15-7-5-13(3)18(10-15)23-19(25)22-11-14-6-8-17(21)16(20)9-14/h5-10,12H,11H2,1-4H3,(H2,22,23,25). The quantitative estimate of drug-likeness (QED) is 0.727. The Bertz CT molecular complexity index is 980. The first kappa shape index (κ1) is 22.1. The summed E-state index contributed by atoms with van der Waals surface area (Å²) in [5.74, 6) is -0.533. The number of carbonyl (C=O) groups is 1. The summed E-state index contributed by atoms with van der Waals surface area (Å²) in [6.45, 7) is 5.46. The van der Waals surface area contributed by atoms with E-state index in [0.29, 0.717) is 16.8 Å². The van der Waals surface area contributed by atoms with E-state index in [1.54, 1.807) is 26.8 Å². The molecule has 0 atom stereocenters. The lowest BCUT2D eigenvalue weighted by Gasteiger charge is -2.21. The van der Waals surface area contributed by atoms with Crippen LogP contribution in [0.1, 0.15) is 25.0 Å². The van der Waals surface area contributed by atoms with E-state index in [1.165, 1.54) is 41.7 Å². The van der Waals surface area contributed by atoms with E-state index in [2.05, 4.69) is 10.6 Å². The summed E-state index contributed by atoms with van der Waals surface area (Å²) < 4.78 is 39.7. The molecule has 0 spiro atoms. The first-order valence-corrected chi connectivity index (χ1v) is 10.4. The Labute approximate surface area is 169 Å². The Balaban J connectivity index is 2.12. The normalized spacial score (nSPS) is 11.7. The minimum atomic E-state index is -3.67. The predicted octanol–water partition coefficient (Wildman–Crippen LogP) is 4.14. The number of benzene rings is 2. The summed E-state index contributed by atoms with van der Waals surface area (Å²) >= 11 is 5.72. The van der Waals surface area contributed by atoms with Crippen molar-refractivity contribution in [3.8, 4) is 0 Å². The second-order valence-corrected chi connectivity index (χ2v) is 9.05. The second-order valence-electron chi connectivity index (χ2n) is 6.65. The van der Waals surface area contributed by atoms with Crippen LogP contribution in [0, 0.1) is 12.7 Å². The Hall–Kier alpha value is -2.16. The van der Waals surface area contributed by atoms with Gasteiger partial charge >= 0.3 is 6.03 Å². The molecule has 0 aliphatic carbocycles. The predicted molar refractivity (Wildman–Crippen MR) is 109 cm³/mol. The summed E-state index contributed by atoms with van der Waals surface area (Å²) in [5.41, 5.74) is 1.73. The Morgan fingerprint density at radius 1 is 1.21 bits per heavy atom. The Morgan fingerprint density at radius 2 is 1.89 bits per heavy atom. The van der Waals surface area contributed by atoms with Crippen LogP contribution in [0.5, 0.6) is 0 Å². The lowest BCUT2D eigenvalue weighted by Crippen LogP contribution is -2.33. The number of nitrogens with zero attached hydrogens (tertiary/aromatic N) is 1. The molecule has 2 aromatic rings. The number of rotatable bonds is 6. The highest BCUT2D eigenvalue weighted by Gasteiger charge is 2.23. The van der Waals surface area contributed by atoms with Gasteiger partial charge in [0.25, 0.3) is 0 Å². The molecule has 152 valence electrons. The molecular formula is C19H23ClFN3O3S. The highest BCUT2D eigenvalue weighted by molar-refractivity contribution is 7.89. The maximum atomic E-state index is 13.2. The summed E-state index contributed by atoms with van der Waals surface area (Å²) in [6.07, 6.45) is 0. The van der Waals surface area contributed by atoms with Crippen LogP contribution in [-0.2, 0) is 16.6 Å². The fraction of sp³-hybridized carbons (Fsp3) is 0.316. The Morgan fingerprint density at radius 3 is 2.50 bits per heavy atom. The average molecular weight is 428 g/mol. The maximum absolute atomic E-state index is 13.2. The van der Waals surface area contributed by atoms with Crippen molar-refractivity contribution in [3.63, 3.8) is 0 Å². The van der Waals surface area contributed by atoms with E-state index < -0.39 is 21.9 Å². The van der Waals surface area contributed by atoms with Crippen molar-refractivity contribution < 1.29 is 17.6 Å². The van der Waals surface area contributed by atoms with Gasteiger partial charge < -0.3 is 10.6 Å². The molecule has 0 bridgehead atoms. The van der Waals surface area contributed by atoms with Crippen LogP contribution < -0.4 is 10.6 Å². The molecular weight excluding hydrogens is 405 g/mol. The van der Waals surface area contributed by atoms with E-state index in [1.807, 2.05) is 0 Å². The lowest BCUT2D eigenvalue weighted by molar-refractivity contribution is 0.251. The van der Waals surface area contributed by atoms with Gasteiger partial charge in [0.1, 0.15) is 5.82 Å². The molecule has 0 saturated carbocycles. The molecule has 0 unspecified atom stereocenters. The topological polar surface area (TPSA) is 78.5 Å². The molecule has 2 amide bonds. The number of hydrogen-bond donors (Lipinski definition) is 2. The van der Waals surface area contributed by atoms with Crippen molar-refractivity contribution >= 4 is 33.3 Å². The van der Waals surface area contributed by atoms with Gasteiger partial charge in [0.05, 0.1) is 9.92 Å². The van der Waals surface area contributed by atoms with Crippen LogP contribution >= 0.6 is 11.6 Å². The van der Waals surface area contributed by atoms with Crippen molar-refractivity contribution in [1.29, 1.82) is 0 Å². The zero-order valence-electron chi connectivity index (χ0n) is 16.1. The molecule has 0 aliphatic heterocycles. The zero-order chi connectivity index (χ0) is 21.1. The molecule has 0 fully saturated rings. The summed E-state index contributed by atoms with van der Waals surface area (Å²) in [5, 5.41) is 5.25. The van der Waals surface area contributed by atoms with Crippen molar-refractivity contribution in [2.24, 2.45) is 0 Å². The molecule has 0 aromatic heterocycles. The minimum Gasteiger partial charge on any atom is -0.334 e. The number of halogens is 2. The van der Waals surface area contributed by atoms with Crippen molar-refractivity contribution in [3.05, 3.63) is 58.4 Å². The van der Waals surface area contributed by atoms with Gasteiger partial charge in [0.15, 0.2) is 0 Å². The SMILES string of the molecule is Cc1ccc(S(=O)(=O)N(C)C(C)C)cc1NC(=O)NCc1ccc(F)c(Cl)c1. The number of carbonyl (C=O) groups excluding carboxylic acids is 1. The largest absolute Gasteiger partial charge is 0.334 e.